The summed E-state index contributed by atoms with van der Waals surface area (Å²) in [5.74, 6) is 7.12. The number of hydrogen-bond acceptors (Lipinski definition) is 2. The summed E-state index contributed by atoms with van der Waals surface area (Å²) in [6, 6.07) is 7.63. The van der Waals surface area contributed by atoms with Crippen LogP contribution in [0.5, 0.6) is 5.75 Å². The van der Waals surface area contributed by atoms with Crippen LogP contribution in [0.4, 0.5) is 0 Å². The Bertz CT molecular complexity index is 507. The van der Waals surface area contributed by atoms with Crippen molar-refractivity contribution in [2.75, 3.05) is 13.7 Å². The molecule has 3 nitrogen and oxygen atoms in total. The highest BCUT2D eigenvalue weighted by molar-refractivity contribution is 5.78. The van der Waals surface area contributed by atoms with Crippen molar-refractivity contribution >= 4 is 5.91 Å². The smallest absolute Gasteiger partial charge is 0.223 e. The molecule has 0 aliphatic heterocycles. The van der Waals surface area contributed by atoms with Crippen LogP contribution in [0.15, 0.2) is 24.3 Å². The minimum atomic E-state index is 0.152. The van der Waals surface area contributed by atoms with E-state index in [9.17, 15) is 4.79 Å². The Morgan fingerprint density at radius 3 is 2.80 bits per heavy atom. The molecule has 0 spiro atoms. The molecule has 0 bridgehead atoms. The number of carbonyl (C=O) groups is 1. The fourth-order valence-corrected chi connectivity index (χ4v) is 2.53. The van der Waals surface area contributed by atoms with E-state index in [1.54, 1.807) is 7.11 Å². The maximum Gasteiger partial charge on any atom is 0.223 e. The van der Waals surface area contributed by atoms with Gasteiger partial charge in [0.2, 0.25) is 5.91 Å². The van der Waals surface area contributed by atoms with Gasteiger partial charge in [0.15, 0.2) is 0 Å². The number of carbonyl (C=O) groups excluding carboxylic acids is 1. The largest absolute Gasteiger partial charge is 0.495 e. The van der Waals surface area contributed by atoms with Crippen molar-refractivity contribution in [1.29, 1.82) is 0 Å². The van der Waals surface area contributed by atoms with Crippen molar-refractivity contribution < 1.29 is 9.53 Å². The molecule has 20 heavy (non-hydrogen) atoms. The third-order valence-corrected chi connectivity index (χ3v) is 3.66. The van der Waals surface area contributed by atoms with E-state index >= 15 is 0 Å². The molecular weight excluding hydrogens is 250 g/mol. The first kappa shape index (κ1) is 14.5. The van der Waals surface area contributed by atoms with Gasteiger partial charge in [0.05, 0.1) is 19.2 Å². The lowest BCUT2D eigenvalue weighted by atomic mass is 9.89. The second kappa shape index (κ2) is 7.59. The first-order valence-electron chi connectivity index (χ1n) is 7.21. The molecule has 1 saturated carbocycles. The number of methoxy groups -OCH3 is 1. The summed E-state index contributed by atoms with van der Waals surface area (Å²) >= 11 is 0. The minimum Gasteiger partial charge on any atom is -0.495 e. The highest BCUT2D eigenvalue weighted by Gasteiger charge is 2.19. The fraction of sp³-hybridized carbons (Fsp3) is 0.471. The fourth-order valence-electron chi connectivity index (χ4n) is 2.53. The maximum atomic E-state index is 11.9. The number of para-hydroxylation sites is 1. The summed E-state index contributed by atoms with van der Waals surface area (Å²) in [5, 5.41) is 2.91. The van der Waals surface area contributed by atoms with Gasteiger partial charge < -0.3 is 10.1 Å². The molecule has 0 saturated heterocycles. The standard InChI is InChI=1S/C17H21NO2/c1-20-16-12-6-5-8-14(16)11-7-13-18-17(19)15-9-3-2-4-10-15/h5-6,8,12,15H,2-4,9-10,13H2,1H3,(H,18,19). The van der Waals surface area contributed by atoms with E-state index < -0.39 is 0 Å². The Morgan fingerprint density at radius 2 is 2.05 bits per heavy atom. The topological polar surface area (TPSA) is 38.3 Å². The Labute approximate surface area is 120 Å². The summed E-state index contributed by atoms with van der Waals surface area (Å²) < 4.78 is 5.23. The zero-order valence-electron chi connectivity index (χ0n) is 11.9. The molecule has 2 rings (SSSR count). The molecule has 106 valence electrons. The van der Waals surface area contributed by atoms with Gasteiger partial charge in [0, 0.05) is 5.92 Å². The summed E-state index contributed by atoms with van der Waals surface area (Å²) in [6.45, 7) is 0.396. The van der Waals surface area contributed by atoms with Gasteiger partial charge >= 0.3 is 0 Å². The average Bonchev–Trinajstić information content (AvgIpc) is 2.52. The van der Waals surface area contributed by atoms with Gasteiger partial charge in [-0.25, -0.2) is 0 Å². The minimum absolute atomic E-state index is 0.152. The zero-order valence-corrected chi connectivity index (χ0v) is 11.9. The van der Waals surface area contributed by atoms with Gasteiger partial charge in [-0.2, -0.15) is 0 Å². The SMILES string of the molecule is COc1ccccc1C#CCNC(=O)C1CCCCC1. The Morgan fingerprint density at radius 1 is 1.30 bits per heavy atom. The molecule has 0 atom stereocenters. The van der Waals surface area contributed by atoms with Crippen LogP contribution in [-0.4, -0.2) is 19.6 Å². The Hall–Kier alpha value is -1.95. The Kier molecular flexibility index (Phi) is 5.49. The molecule has 1 aliphatic carbocycles. The molecule has 0 aromatic heterocycles. The van der Waals surface area contributed by atoms with Crippen molar-refractivity contribution in [1.82, 2.24) is 5.32 Å². The molecule has 0 heterocycles. The summed E-state index contributed by atoms with van der Waals surface area (Å²) in [6.07, 6.45) is 5.64. The lowest BCUT2D eigenvalue weighted by Crippen LogP contribution is -2.32. The third kappa shape index (κ3) is 4.03. The summed E-state index contributed by atoms with van der Waals surface area (Å²) in [4.78, 5) is 11.9. The van der Waals surface area contributed by atoms with Crippen LogP contribution >= 0.6 is 0 Å². The van der Waals surface area contributed by atoms with Gasteiger partial charge in [-0.15, -0.1) is 0 Å². The lowest BCUT2D eigenvalue weighted by molar-refractivity contribution is -0.125. The van der Waals surface area contributed by atoms with Crippen LogP contribution in [0.3, 0.4) is 0 Å². The van der Waals surface area contributed by atoms with E-state index in [0.29, 0.717) is 6.54 Å². The van der Waals surface area contributed by atoms with Crippen molar-refractivity contribution in [3.63, 3.8) is 0 Å². The average molecular weight is 271 g/mol. The van der Waals surface area contributed by atoms with Crippen molar-refractivity contribution in [3.05, 3.63) is 29.8 Å². The van der Waals surface area contributed by atoms with Gasteiger partial charge in [-0.3, -0.25) is 4.79 Å². The number of rotatable bonds is 3. The Balaban J connectivity index is 1.83. The zero-order chi connectivity index (χ0) is 14.2. The molecule has 3 heteroatoms. The van der Waals surface area contributed by atoms with Crippen LogP contribution in [0.1, 0.15) is 37.7 Å². The van der Waals surface area contributed by atoms with Gasteiger partial charge in [0.25, 0.3) is 0 Å². The maximum absolute atomic E-state index is 11.9. The second-order valence-electron chi connectivity index (χ2n) is 5.05. The number of nitrogens with one attached hydrogen (secondary N) is 1. The lowest BCUT2D eigenvalue weighted by Gasteiger charge is -2.19. The van der Waals surface area contributed by atoms with Crippen LogP contribution in [0.25, 0.3) is 0 Å². The van der Waals surface area contributed by atoms with Gasteiger partial charge in [0.1, 0.15) is 5.75 Å². The molecule has 1 fully saturated rings. The molecule has 0 radical (unpaired) electrons. The summed E-state index contributed by atoms with van der Waals surface area (Å²) in [5.41, 5.74) is 0.849. The third-order valence-electron chi connectivity index (χ3n) is 3.66. The molecule has 1 N–H and O–H groups in total. The van der Waals surface area contributed by atoms with Gasteiger partial charge in [-0.05, 0) is 25.0 Å². The second-order valence-corrected chi connectivity index (χ2v) is 5.05. The van der Waals surface area contributed by atoms with E-state index in [4.69, 9.17) is 4.74 Å². The highest BCUT2D eigenvalue weighted by atomic mass is 16.5. The van der Waals surface area contributed by atoms with Gasteiger partial charge in [-0.1, -0.05) is 43.2 Å². The number of amides is 1. The van der Waals surface area contributed by atoms with Crippen LogP contribution in [0, 0.1) is 17.8 Å². The first-order valence-corrected chi connectivity index (χ1v) is 7.21. The predicted molar refractivity (Wildman–Crippen MR) is 79.5 cm³/mol. The molecule has 0 unspecified atom stereocenters. The molecule has 1 aromatic carbocycles. The molecule has 1 aliphatic rings. The van der Waals surface area contributed by atoms with E-state index in [2.05, 4.69) is 17.2 Å². The van der Waals surface area contributed by atoms with Crippen LogP contribution in [-0.2, 0) is 4.79 Å². The van der Waals surface area contributed by atoms with Crippen molar-refractivity contribution in [3.8, 4) is 17.6 Å². The van der Waals surface area contributed by atoms with Crippen molar-refractivity contribution in [2.45, 2.75) is 32.1 Å². The normalized spacial score (nSPS) is 15.1. The quantitative estimate of drug-likeness (QED) is 0.858. The summed E-state index contributed by atoms with van der Waals surface area (Å²) in [7, 11) is 1.63. The molecule has 1 aromatic rings. The number of hydrogen-bond donors (Lipinski definition) is 1. The van der Waals surface area contributed by atoms with E-state index in [-0.39, 0.29) is 11.8 Å². The first-order chi connectivity index (χ1) is 9.81. The van der Waals surface area contributed by atoms with Crippen LogP contribution < -0.4 is 10.1 Å². The molecular formula is C17H21NO2. The van der Waals surface area contributed by atoms with E-state index in [0.717, 1.165) is 24.2 Å². The van der Waals surface area contributed by atoms with Crippen molar-refractivity contribution in [2.24, 2.45) is 5.92 Å². The predicted octanol–water partition coefficient (Wildman–Crippen LogP) is 2.74. The number of benzene rings is 1. The highest BCUT2D eigenvalue weighted by Crippen LogP contribution is 2.23. The van der Waals surface area contributed by atoms with E-state index in [1.165, 1.54) is 19.3 Å². The number of ether oxygens (including phenoxy) is 1. The van der Waals surface area contributed by atoms with Crippen LogP contribution in [0.2, 0.25) is 0 Å². The molecule has 1 amide bonds. The van der Waals surface area contributed by atoms with E-state index in [1.807, 2.05) is 24.3 Å². The monoisotopic (exact) mass is 271 g/mol.